The number of nitrogens with zero attached hydrogens (tertiary/aromatic N) is 2. The average molecular weight is 308 g/mol. The Balaban J connectivity index is 4.86. The summed E-state index contributed by atoms with van der Waals surface area (Å²) in [6.45, 7) is 6.54. The lowest BCUT2D eigenvalue weighted by atomic mass is 10.2. The van der Waals surface area contributed by atoms with Crippen molar-refractivity contribution in [2.75, 3.05) is 27.2 Å². The van der Waals surface area contributed by atoms with Crippen molar-refractivity contribution in [2.45, 2.75) is 52.5 Å². The molecule has 0 saturated heterocycles. The molecule has 0 aliphatic heterocycles. The van der Waals surface area contributed by atoms with Crippen LogP contribution in [0.25, 0.3) is 0 Å². The molecular formula is C13H28N2O4S. The summed E-state index contributed by atoms with van der Waals surface area (Å²) >= 11 is 0. The van der Waals surface area contributed by atoms with Crippen LogP contribution in [-0.2, 0) is 19.7 Å². The molecule has 6 nitrogen and oxygen atoms in total. The average Bonchev–Trinajstić information content (AvgIpc) is 2.43. The van der Waals surface area contributed by atoms with Crippen LogP contribution in [0.2, 0.25) is 0 Å². The second kappa shape index (κ2) is 9.31. The standard InChI is InChI=1S/C13H28N2O4S/c1-6-8-10-15(12(3)7-2)20(17,18)14(4)11-9-13(16)19-5/h12H,6-11H2,1-5H3. The van der Waals surface area contributed by atoms with Crippen molar-refractivity contribution in [3.8, 4) is 0 Å². The molecule has 0 aromatic rings. The normalized spacial score (nSPS) is 13.8. The summed E-state index contributed by atoms with van der Waals surface area (Å²) in [6.07, 6.45) is 2.59. The van der Waals surface area contributed by atoms with E-state index in [2.05, 4.69) is 4.74 Å². The van der Waals surface area contributed by atoms with Crippen molar-refractivity contribution < 1.29 is 17.9 Å². The van der Waals surface area contributed by atoms with E-state index in [0.29, 0.717) is 6.54 Å². The Bertz CT molecular complexity index is 384. The molecule has 0 saturated carbocycles. The van der Waals surface area contributed by atoms with Gasteiger partial charge in [-0.1, -0.05) is 20.3 Å². The Hall–Kier alpha value is -0.660. The first-order valence-corrected chi connectivity index (χ1v) is 8.50. The number of ether oxygens (including phenoxy) is 1. The molecule has 0 bridgehead atoms. The summed E-state index contributed by atoms with van der Waals surface area (Å²) in [4.78, 5) is 11.1. The zero-order valence-electron chi connectivity index (χ0n) is 13.3. The van der Waals surface area contributed by atoms with Gasteiger partial charge in [0.2, 0.25) is 0 Å². The summed E-state index contributed by atoms with van der Waals surface area (Å²) in [5.41, 5.74) is 0. The third kappa shape index (κ3) is 5.76. The number of methoxy groups -OCH3 is 1. The predicted molar refractivity (Wildman–Crippen MR) is 79.5 cm³/mol. The summed E-state index contributed by atoms with van der Waals surface area (Å²) in [7, 11) is -0.735. The largest absolute Gasteiger partial charge is 0.469 e. The number of carbonyl (C=O) groups is 1. The number of carbonyl (C=O) groups excluding carboxylic acids is 1. The van der Waals surface area contributed by atoms with Gasteiger partial charge in [-0.25, -0.2) is 0 Å². The van der Waals surface area contributed by atoms with Crippen LogP contribution < -0.4 is 0 Å². The van der Waals surface area contributed by atoms with Crippen LogP contribution in [-0.4, -0.2) is 56.3 Å². The van der Waals surface area contributed by atoms with Crippen LogP contribution in [0.3, 0.4) is 0 Å². The minimum absolute atomic E-state index is 0.0490. The molecule has 0 rings (SSSR count). The van der Waals surface area contributed by atoms with Crippen molar-refractivity contribution in [3.05, 3.63) is 0 Å². The van der Waals surface area contributed by atoms with Gasteiger partial charge in [-0.2, -0.15) is 17.0 Å². The van der Waals surface area contributed by atoms with E-state index in [1.165, 1.54) is 22.8 Å². The Morgan fingerprint density at radius 1 is 1.25 bits per heavy atom. The second-order valence-electron chi connectivity index (χ2n) is 4.88. The van der Waals surface area contributed by atoms with Gasteiger partial charge in [-0.3, -0.25) is 4.79 Å². The van der Waals surface area contributed by atoms with E-state index in [1.54, 1.807) is 0 Å². The van der Waals surface area contributed by atoms with E-state index in [4.69, 9.17) is 0 Å². The van der Waals surface area contributed by atoms with Crippen LogP contribution in [0.15, 0.2) is 0 Å². The molecule has 1 unspecified atom stereocenters. The van der Waals surface area contributed by atoms with Crippen molar-refractivity contribution in [2.24, 2.45) is 0 Å². The van der Waals surface area contributed by atoms with E-state index in [-0.39, 0.29) is 19.0 Å². The highest BCUT2D eigenvalue weighted by molar-refractivity contribution is 7.86. The molecule has 0 spiro atoms. The number of rotatable bonds is 10. The summed E-state index contributed by atoms with van der Waals surface area (Å²) in [6, 6.07) is -0.0490. The molecule has 20 heavy (non-hydrogen) atoms. The molecule has 7 heteroatoms. The van der Waals surface area contributed by atoms with Gasteiger partial charge in [0.05, 0.1) is 13.5 Å². The zero-order chi connectivity index (χ0) is 15.8. The molecule has 0 radical (unpaired) electrons. The molecule has 0 amide bonds. The molecule has 0 fully saturated rings. The van der Waals surface area contributed by atoms with Crippen LogP contribution >= 0.6 is 0 Å². The summed E-state index contributed by atoms with van der Waals surface area (Å²) < 4.78 is 32.4. The first-order chi connectivity index (χ1) is 9.31. The summed E-state index contributed by atoms with van der Waals surface area (Å²) in [5, 5.41) is 0. The van der Waals surface area contributed by atoms with Gasteiger partial charge < -0.3 is 4.74 Å². The lowest BCUT2D eigenvalue weighted by molar-refractivity contribution is -0.140. The molecule has 0 heterocycles. The number of unbranched alkanes of at least 4 members (excludes halogenated alkanes) is 1. The van der Waals surface area contributed by atoms with Crippen molar-refractivity contribution in [1.82, 2.24) is 8.61 Å². The lowest BCUT2D eigenvalue weighted by Crippen LogP contribution is -2.47. The van der Waals surface area contributed by atoms with E-state index in [1.807, 2.05) is 20.8 Å². The first-order valence-electron chi connectivity index (χ1n) is 7.11. The molecule has 0 aromatic carbocycles. The SMILES string of the molecule is CCCCN(C(C)CC)S(=O)(=O)N(C)CCC(=O)OC. The van der Waals surface area contributed by atoms with E-state index in [0.717, 1.165) is 19.3 Å². The van der Waals surface area contributed by atoms with Gasteiger partial charge in [0.15, 0.2) is 0 Å². The van der Waals surface area contributed by atoms with Crippen LogP contribution in [0.5, 0.6) is 0 Å². The van der Waals surface area contributed by atoms with Crippen molar-refractivity contribution in [3.63, 3.8) is 0 Å². The van der Waals surface area contributed by atoms with Gasteiger partial charge in [-0.05, 0) is 19.8 Å². The maximum absolute atomic E-state index is 12.5. The first kappa shape index (κ1) is 19.3. The monoisotopic (exact) mass is 308 g/mol. The van der Waals surface area contributed by atoms with Gasteiger partial charge in [0.25, 0.3) is 10.2 Å². The molecule has 0 aromatic heterocycles. The molecule has 0 aliphatic carbocycles. The summed E-state index contributed by atoms with van der Waals surface area (Å²) in [5.74, 6) is -0.407. The topological polar surface area (TPSA) is 66.9 Å². The second-order valence-corrected chi connectivity index (χ2v) is 6.87. The third-order valence-corrected chi connectivity index (χ3v) is 5.47. The predicted octanol–water partition coefficient (Wildman–Crippen LogP) is 1.63. The highest BCUT2D eigenvalue weighted by Crippen LogP contribution is 2.15. The minimum Gasteiger partial charge on any atom is -0.469 e. The fourth-order valence-corrected chi connectivity index (χ4v) is 3.37. The maximum Gasteiger partial charge on any atom is 0.306 e. The highest BCUT2D eigenvalue weighted by atomic mass is 32.2. The number of hydrogen-bond donors (Lipinski definition) is 0. The number of hydrogen-bond acceptors (Lipinski definition) is 4. The smallest absolute Gasteiger partial charge is 0.306 e. The fraction of sp³-hybridized carbons (Fsp3) is 0.923. The van der Waals surface area contributed by atoms with E-state index < -0.39 is 16.2 Å². The van der Waals surface area contributed by atoms with Gasteiger partial charge in [-0.15, -0.1) is 0 Å². The molecule has 0 aliphatic rings. The van der Waals surface area contributed by atoms with Crippen LogP contribution in [0.4, 0.5) is 0 Å². The van der Waals surface area contributed by atoms with Gasteiger partial charge in [0.1, 0.15) is 0 Å². The Labute approximate surface area is 123 Å². The molecule has 1 atom stereocenters. The van der Waals surface area contributed by atoms with E-state index >= 15 is 0 Å². The van der Waals surface area contributed by atoms with E-state index in [9.17, 15) is 13.2 Å². The maximum atomic E-state index is 12.5. The van der Waals surface area contributed by atoms with Crippen LogP contribution in [0, 0.1) is 0 Å². The Morgan fingerprint density at radius 2 is 1.85 bits per heavy atom. The minimum atomic E-state index is -3.53. The van der Waals surface area contributed by atoms with Gasteiger partial charge >= 0.3 is 5.97 Å². The molecule has 120 valence electrons. The van der Waals surface area contributed by atoms with Crippen molar-refractivity contribution >= 4 is 16.2 Å². The molecular weight excluding hydrogens is 280 g/mol. The Morgan fingerprint density at radius 3 is 2.30 bits per heavy atom. The zero-order valence-corrected chi connectivity index (χ0v) is 14.1. The van der Waals surface area contributed by atoms with Crippen LogP contribution in [0.1, 0.15) is 46.5 Å². The van der Waals surface area contributed by atoms with Gasteiger partial charge in [0, 0.05) is 26.2 Å². The quantitative estimate of drug-likeness (QED) is 0.575. The third-order valence-electron chi connectivity index (χ3n) is 3.36. The fourth-order valence-electron chi connectivity index (χ4n) is 1.73. The molecule has 0 N–H and O–H groups in total. The lowest BCUT2D eigenvalue weighted by Gasteiger charge is -2.31. The van der Waals surface area contributed by atoms with Crippen molar-refractivity contribution in [1.29, 1.82) is 0 Å². The Kier molecular flexibility index (Phi) is 9.00. The highest BCUT2D eigenvalue weighted by Gasteiger charge is 2.29. The number of esters is 1.